The SMILES string of the molecule is CC(C)C(C)CC(=O)NCCNC1CCCCCC1. The third kappa shape index (κ3) is 7.56. The zero-order chi connectivity index (χ0) is 14.1. The molecule has 0 aliphatic heterocycles. The zero-order valence-electron chi connectivity index (χ0n) is 13.0. The first-order valence-corrected chi connectivity index (χ1v) is 8.09. The summed E-state index contributed by atoms with van der Waals surface area (Å²) < 4.78 is 0. The highest BCUT2D eigenvalue weighted by molar-refractivity contribution is 5.76. The number of hydrogen-bond acceptors (Lipinski definition) is 2. The molecule has 1 amide bonds. The molecule has 1 aliphatic rings. The molecule has 1 saturated carbocycles. The predicted octanol–water partition coefficient (Wildman–Crippen LogP) is 3.10. The van der Waals surface area contributed by atoms with Gasteiger partial charge in [0, 0.05) is 25.6 Å². The second-order valence-electron chi connectivity index (χ2n) is 6.42. The van der Waals surface area contributed by atoms with E-state index in [4.69, 9.17) is 0 Å². The predicted molar refractivity (Wildman–Crippen MR) is 81.1 cm³/mol. The lowest BCUT2D eigenvalue weighted by Crippen LogP contribution is -2.37. The fraction of sp³-hybridized carbons (Fsp3) is 0.938. The highest BCUT2D eigenvalue weighted by Gasteiger charge is 2.13. The van der Waals surface area contributed by atoms with Gasteiger partial charge in [-0.2, -0.15) is 0 Å². The van der Waals surface area contributed by atoms with E-state index in [-0.39, 0.29) is 5.91 Å². The Morgan fingerprint density at radius 2 is 1.68 bits per heavy atom. The van der Waals surface area contributed by atoms with Crippen molar-refractivity contribution in [1.29, 1.82) is 0 Å². The van der Waals surface area contributed by atoms with E-state index >= 15 is 0 Å². The second-order valence-corrected chi connectivity index (χ2v) is 6.42. The normalized spacial score (nSPS) is 19.2. The van der Waals surface area contributed by atoms with Crippen LogP contribution in [0, 0.1) is 11.8 Å². The first-order chi connectivity index (χ1) is 9.09. The molecule has 2 N–H and O–H groups in total. The van der Waals surface area contributed by atoms with Gasteiger partial charge in [0.05, 0.1) is 0 Å². The summed E-state index contributed by atoms with van der Waals surface area (Å²) in [5.41, 5.74) is 0. The minimum absolute atomic E-state index is 0.198. The van der Waals surface area contributed by atoms with E-state index in [1.54, 1.807) is 0 Å². The third-order valence-electron chi connectivity index (χ3n) is 4.38. The van der Waals surface area contributed by atoms with Crippen LogP contribution in [-0.2, 0) is 4.79 Å². The first-order valence-electron chi connectivity index (χ1n) is 8.09. The number of carbonyl (C=O) groups is 1. The summed E-state index contributed by atoms with van der Waals surface area (Å²) in [6.45, 7) is 8.16. The van der Waals surface area contributed by atoms with E-state index in [1.807, 2.05) is 0 Å². The summed E-state index contributed by atoms with van der Waals surface area (Å²) in [5.74, 6) is 1.24. The summed E-state index contributed by atoms with van der Waals surface area (Å²) in [6, 6.07) is 0.675. The van der Waals surface area contributed by atoms with Crippen LogP contribution in [0.3, 0.4) is 0 Å². The summed E-state index contributed by atoms with van der Waals surface area (Å²) in [4.78, 5) is 11.7. The summed E-state index contributed by atoms with van der Waals surface area (Å²) in [7, 11) is 0. The lowest BCUT2D eigenvalue weighted by atomic mass is 9.94. The van der Waals surface area contributed by atoms with Crippen molar-refractivity contribution in [2.75, 3.05) is 13.1 Å². The molecule has 0 aromatic carbocycles. The van der Waals surface area contributed by atoms with Crippen molar-refractivity contribution in [1.82, 2.24) is 10.6 Å². The van der Waals surface area contributed by atoms with Crippen molar-refractivity contribution in [3.05, 3.63) is 0 Å². The highest BCUT2D eigenvalue weighted by atomic mass is 16.1. The summed E-state index contributed by atoms with van der Waals surface area (Å²) >= 11 is 0. The van der Waals surface area contributed by atoms with Crippen LogP contribution in [0.15, 0.2) is 0 Å². The van der Waals surface area contributed by atoms with E-state index in [9.17, 15) is 4.79 Å². The van der Waals surface area contributed by atoms with E-state index < -0.39 is 0 Å². The molecule has 112 valence electrons. The molecule has 1 aliphatic carbocycles. The average Bonchev–Trinajstić information content (AvgIpc) is 2.63. The molecule has 0 bridgehead atoms. The molecule has 1 unspecified atom stereocenters. The molecule has 0 radical (unpaired) electrons. The molecule has 1 atom stereocenters. The number of carbonyl (C=O) groups excluding carboxylic acids is 1. The monoisotopic (exact) mass is 268 g/mol. The largest absolute Gasteiger partial charge is 0.355 e. The van der Waals surface area contributed by atoms with Crippen LogP contribution >= 0.6 is 0 Å². The smallest absolute Gasteiger partial charge is 0.220 e. The highest BCUT2D eigenvalue weighted by Crippen LogP contribution is 2.17. The van der Waals surface area contributed by atoms with Gasteiger partial charge in [-0.15, -0.1) is 0 Å². The maximum Gasteiger partial charge on any atom is 0.220 e. The van der Waals surface area contributed by atoms with E-state index in [2.05, 4.69) is 31.4 Å². The topological polar surface area (TPSA) is 41.1 Å². The van der Waals surface area contributed by atoms with Gasteiger partial charge in [0.2, 0.25) is 5.91 Å². The molecule has 0 aromatic heterocycles. The molecule has 3 heteroatoms. The number of nitrogens with one attached hydrogen (secondary N) is 2. The molecule has 1 rings (SSSR count). The van der Waals surface area contributed by atoms with Gasteiger partial charge >= 0.3 is 0 Å². The van der Waals surface area contributed by atoms with Crippen molar-refractivity contribution < 1.29 is 4.79 Å². The first kappa shape index (κ1) is 16.5. The van der Waals surface area contributed by atoms with Crippen molar-refractivity contribution in [2.45, 2.75) is 71.8 Å². The Labute approximate surface area is 118 Å². The number of amides is 1. The minimum atomic E-state index is 0.198. The van der Waals surface area contributed by atoms with Crippen molar-refractivity contribution in [3.63, 3.8) is 0 Å². The number of rotatable bonds is 7. The lowest BCUT2D eigenvalue weighted by Gasteiger charge is -2.17. The Hall–Kier alpha value is -0.570. The van der Waals surface area contributed by atoms with Crippen LogP contribution in [0.5, 0.6) is 0 Å². The fourth-order valence-electron chi connectivity index (χ4n) is 2.56. The third-order valence-corrected chi connectivity index (χ3v) is 4.38. The van der Waals surface area contributed by atoms with Crippen molar-refractivity contribution in [3.8, 4) is 0 Å². The van der Waals surface area contributed by atoms with Gasteiger partial charge < -0.3 is 10.6 Å². The lowest BCUT2D eigenvalue weighted by molar-refractivity contribution is -0.122. The molecule has 0 aromatic rings. The quantitative estimate of drug-likeness (QED) is 0.550. The van der Waals surface area contributed by atoms with Gasteiger partial charge in [-0.1, -0.05) is 46.5 Å². The van der Waals surface area contributed by atoms with Crippen LogP contribution in [0.25, 0.3) is 0 Å². The van der Waals surface area contributed by atoms with E-state index in [1.165, 1.54) is 38.5 Å². The average molecular weight is 268 g/mol. The van der Waals surface area contributed by atoms with Crippen molar-refractivity contribution >= 4 is 5.91 Å². The van der Waals surface area contributed by atoms with Crippen LogP contribution in [-0.4, -0.2) is 25.0 Å². The molecule has 0 spiro atoms. The molecule has 3 nitrogen and oxygen atoms in total. The Kier molecular flexibility index (Phi) is 8.11. The van der Waals surface area contributed by atoms with Gasteiger partial charge in [-0.3, -0.25) is 4.79 Å². The maximum absolute atomic E-state index is 11.7. The summed E-state index contributed by atoms with van der Waals surface area (Å²) in [5, 5.41) is 6.60. The Bertz CT molecular complexity index is 245. The number of hydrogen-bond donors (Lipinski definition) is 2. The molecule has 0 heterocycles. The van der Waals surface area contributed by atoms with Crippen LogP contribution in [0.4, 0.5) is 0 Å². The van der Waals surface area contributed by atoms with Gasteiger partial charge in [0.25, 0.3) is 0 Å². The fourth-order valence-corrected chi connectivity index (χ4v) is 2.56. The Morgan fingerprint density at radius 3 is 2.26 bits per heavy atom. The van der Waals surface area contributed by atoms with Crippen LogP contribution in [0.1, 0.15) is 65.7 Å². The molecule has 19 heavy (non-hydrogen) atoms. The molecule has 1 fully saturated rings. The summed E-state index contributed by atoms with van der Waals surface area (Å²) in [6.07, 6.45) is 8.76. The van der Waals surface area contributed by atoms with Crippen LogP contribution < -0.4 is 10.6 Å². The maximum atomic E-state index is 11.7. The molecule has 0 saturated heterocycles. The van der Waals surface area contributed by atoms with Gasteiger partial charge in [0.1, 0.15) is 0 Å². The van der Waals surface area contributed by atoms with Gasteiger partial charge in [-0.05, 0) is 24.7 Å². The van der Waals surface area contributed by atoms with Crippen LogP contribution in [0.2, 0.25) is 0 Å². The Balaban J connectivity index is 2.04. The molecular weight excluding hydrogens is 236 g/mol. The second kappa shape index (κ2) is 9.35. The molecular formula is C16H32N2O. The van der Waals surface area contributed by atoms with Gasteiger partial charge in [-0.25, -0.2) is 0 Å². The van der Waals surface area contributed by atoms with Gasteiger partial charge in [0.15, 0.2) is 0 Å². The Morgan fingerprint density at radius 1 is 1.05 bits per heavy atom. The van der Waals surface area contributed by atoms with E-state index in [0.717, 1.165) is 13.1 Å². The minimum Gasteiger partial charge on any atom is -0.355 e. The zero-order valence-corrected chi connectivity index (χ0v) is 13.0. The standard InChI is InChI=1S/C16H32N2O/c1-13(2)14(3)12-16(19)18-11-10-17-15-8-6-4-5-7-9-15/h13-15,17H,4-12H2,1-3H3,(H,18,19). The van der Waals surface area contributed by atoms with Crippen molar-refractivity contribution in [2.24, 2.45) is 11.8 Å². The van der Waals surface area contributed by atoms with E-state index in [0.29, 0.717) is 24.3 Å².